The number of methoxy groups -OCH3 is 2. The summed E-state index contributed by atoms with van der Waals surface area (Å²) in [7, 11) is 3.48. The minimum Gasteiger partial charge on any atom is -0.383 e. The maximum Gasteiger partial charge on any atom is 0.439 e. The van der Waals surface area contributed by atoms with Gasteiger partial charge in [-0.2, -0.15) is 4.98 Å². The van der Waals surface area contributed by atoms with E-state index in [1.807, 2.05) is 24.3 Å². The van der Waals surface area contributed by atoms with Crippen molar-refractivity contribution in [2.45, 2.75) is 64.1 Å². The van der Waals surface area contributed by atoms with E-state index in [9.17, 15) is 4.79 Å². The highest BCUT2D eigenvalue weighted by molar-refractivity contribution is 6.30. The standard InChI is InChI=1S/C29H36ClN7O4/c1-17-7-9-18(10-8-17)14-36-24-23(19-5-4-6-20(30)13-19)31-26(27-34-29(38)41-35-27)32-25(24)33-28(36)37-21(15-39-2)11-12-22(37)16-40-3/h4-6,13,17-18,21-22H,7-12,14-16H2,1-3H3,(H,34,35,38)/t17-,18-,21-,22?/m0/s1. The molecule has 41 heavy (non-hydrogen) atoms. The highest BCUT2D eigenvalue weighted by atomic mass is 35.5. The second-order valence-corrected chi connectivity index (χ2v) is 11.8. The van der Waals surface area contributed by atoms with Crippen LogP contribution in [-0.4, -0.2) is 69.2 Å². The van der Waals surface area contributed by atoms with Crippen LogP contribution < -0.4 is 10.7 Å². The Morgan fingerprint density at radius 2 is 1.76 bits per heavy atom. The van der Waals surface area contributed by atoms with Crippen molar-refractivity contribution < 1.29 is 14.0 Å². The van der Waals surface area contributed by atoms with Gasteiger partial charge in [0.15, 0.2) is 5.65 Å². The average molecular weight is 582 g/mol. The maximum absolute atomic E-state index is 11.8. The third kappa shape index (κ3) is 5.62. The van der Waals surface area contributed by atoms with Crippen LogP contribution in [0.5, 0.6) is 0 Å². The maximum atomic E-state index is 11.8. The summed E-state index contributed by atoms with van der Waals surface area (Å²) in [6.07, 6.45) is 6.71. The number of anilines is 1. The summed E-state index contributed by atoms with van der Waals surface area (Å²) >= 11 is 6.45. The highest BCUT2D eigenvalue weighted by Crippen LogP contribution is 2.39. The van der Waals surface area contributed by atoms with Gasteiger partial charge in [0.05, 0.1) is 25.3 Å². The molecule has 1 saturated heterocycles. The van der Waals surface area contributed by atoms with Crippen molar-refractivity contribution in [3.63, 3.8) is 0 Å². The number of hydrogen-bond acceptors (Lipinski definition) is 9. The largest absolute Gasteiger partial charge is 0.439 e. The van der Waals surface area contributed by atoms with Crippen LogP contribution in [0.2, 0.25) is 5.02 Å². The number of nitrogens with one attached hydrogen (secondary N) is 1. The van der Waals surface area contributed by atoms with Crippen molar-refractivity contribution in [1.29, 1.82) is 0 Å². The number of nitrogens with zero attached hydrogens (tertiary/aromatic N) is 6. The lowest BCUT2D eigenvalue weighted by atomic mass is 9.83. The number of aromatic amines is 1. The third-order valence-electron chi connectivity index (χ3n) is 8.48. The molecule has 12 heteroatoms. The van der Waals surface area contributed by atoms with Crippen LogP contribution in [0.3, 0.4) is 0 Å². The van der Waals surface area contributed by atoms with Gasteiger partial charge in [0, 0.05) is 31.4 Å². The second-order valence-electron chi connectivity index (χ2n) is 11.4. The quantitative estimate of drug-likeness (QED) is 0.292. The first-order chi connectivity index (χ1) is 19.9. The Morgan fingerprint density at radius 1 is 1.02 bits per heavy atom. The SMILES string of the molecule is COCC1CC[C@@H](COC)N1c1nc2nc(-c3noc(=O)[nH]3)nc(-c3cccc(Cl)c3)c2n1C[C@H]1CC[C@H](C)CC1. The molecule has 1 saturated carbocycles. The highest BCUT2D eigenvalue weighted by Gasteiger charge is 2.38. The van der Waals surface area contributed by atoms with Gasteiger partial charge in [-0.15, -0.1) is 0 Å². The zero-order valence-electron chi connectivity index (χ0n) is 23.7. The van der Waals surface area contributed by atoms with Gasteiger partial charge in [0.25, 0.3) is 0 Å². The van der Waals surface area contributed by atoms with Gasteiger partial charge in [0.2, 0.25) is 17.6 Å². The number of ether oxygens (including phenoxy) is 2. The van der Waals surface area contributed by atoms with Crippen LogP contribution in [0.25, 0.3) is 34.1 Å². The molecule has 4 heterocycles. The predicted octanol–water partition coefficient (Wildman–Crippen LogP) is 4.95. The summed E-state index contributed by atoms with van der Waals surface area (Å²) < 4.78 is 18.4. The van der Waals surface area contributed by atoms with Crippen molar-refractivity contribution in [2.24, 2.45) is 11.8 Å². The first kappa shape index (κ1) is 27.9. The third-order valence-corrected chi connectivity index (χ3v) is 8.71. The van der Waals surface area contributed by atoms with Crippen molar-refractivity contribution in [1.82, 2.24) is 29.7 Å². The fourth-order valence-corrected chi connectivity index (χ4v) is 6.62. The number of H-pyrrole nitrogens is 1. The fourth-order valence-electron chi connectivity index (χ4n) is 6.43. The average Bonchev–Trinajstić information content (AvgIpc) is 3.67. The normalized spacial score (nSPS) is 23.1. The zero-order valence-corrected chi connectivity index (χ0v) is 24.4. The van der Waals surface area contributed by atoms with E-state index in [1.165, 1.54) is 12.8 Å². The molecule has 11 nitrogen and oxygen atoms in total. The summed E-state index contributed by atoms with van der Waals surface area (Å²) in [5, 5.41) is 4.45. The monoisotopic (exact) mass is 581 g/mol. The molecule has 1 unspecified atom stereocenters. The lowest BCUT2D eigenvalue weighted by Gasteiger charge is -2.33. The van der Waals surface area contributed by atoms with Crippen LogP contribution in [0, 0.1) is 11.8 Å². The topological polar surface area (TPSA) is 124 Å². The zero-order chi connectivity index (χ0) is 28.5. The first-order valence-corrected chi connectivity index (χ1v) is 14.7. The Bertz CT molecular complexity index is 1540. The van der Waals surface area contributed by atoms with Gasteiger partial charge in [0.1, 0.15) is 11.2 Å². The Kier molecular flexibility index (Phi) is 8.10. The van der Waals surface area contributed by atoms with Crippen LogP contribution in [-0.2, 0) is 16.0 Å². The molecular weight excluding hydrogens is 546 g/mol. The van der Waals surface area contributed by atoms with Crippen LogP contribution in [0.4, 0.5) is 5.95 Å². The number of halogens is 1. The molecule has 2 atom stereocenters. The van der Waals surface area contributed by atoms with E-state index in [1.54, 1.807) is 14.2 Å². The van der Waals surface area contributed by atoms with E-state index in [-0.39, 0.29) is 23.7 Å². The summed E-state index contributed by atoms with van der Waals surface area (Å²) in [5.41, 5.74) is 2.84. The van der Waals surface area contributed by atoms with E-state index < -0.39 is 5.76 Å². The van der Waals surface area contributed by atoms with Gasteiger partial charge < -0.3 is 18.9 Å². The van der Waals surface area contributed by atoms with E-state index in [4.69, 9.17) is 40.5 Å². The molecular formula is C29H36ClN7O4. The molecule has 0 bridgehead atoms. The number of aromatic nitrogens is 6. The number of fused-ring (bicyclic) bond motifs is 1. The number of hydrogen-bond donors (Lipinski definition) is 1. The molecule has 6 rings (SSSR count). The fraction of sp³-hybridized carbons (Fsp3) is 0.552. The van der Waals surface area contributed by atoms with Crippen molar-refractivity contribution in [2.75, 3.05) is 32.3 Å². The second kappa shape index (κ2) is 11.9. The molecule has 1 aliphatic carbocycles. The summed E-state index contributed by atoms with van der Waals surface area (Å²) in [4.78, 5) is 31.6. The number of imidazole rings is 1. The van der Waals surface area contributed by atoms with Crippen LogP contribution in [0.1, 0.15) is 45.4 Å². The smallest absolute Gasteiger partial charge is 0.383 e. The summed E-state index contributed by atoms with van der Waals surface area (Å²) in [5.74, 6) is 1.79. The molecule has 218 valence electrons. The molecule has 1 aromatic carbocycles. The molecule has 4 aromatic rings. The van der Waals surface area contributed by atoms with Gasteiger partial charge in [-0.25, -0.2) is 14.8 Å². The number of benzene rings is 1. The molecule has 0 radical (unpaired) electrons. The molecule has 1 N–H and O–H groups in total. The van der Waals surface area contributed by atoms with Crippen molar-refractivity contribution >= 4 is 28.7 Å². The van der Waals surface area contributed by atoms with Gasteiger partial charge >= 0.3 is 5.76 Å². The Balaban J connectivity index is 1.59. The van der Waals surface area contributed by atoms with Crippen molar-refractivity contribution in [3.05, 3.63) is 39.8 Å². The molecule has 2 aliphatic rings. The van der Waals surface area contributed by atoms with E-state index >= 15 is 0 Å². The van der Waals surface area contributed by atoms with Crippen LogP contribution >= 0.6 is 11.6 Å². The Morgan fingerprint density at radius 3 is 2.39 bits per heavy atom. The molecule has 0 amide bonds. The molecule has 1 aliphatic heterocycles. The molecule has 3 aromatic heterocycles. The molecule has 2 fully saturated rings. The molecule has 0 spiro atoms. The summed E-state index contributed by atoms with van der Waals surface area (Å²) in [6.45, 7) is 4.31. The Labute approximate surface area is 243 Å². The van der Waals surface area contributed by atoms with E-state index in [0.717, 1.165) is 55.2 Å². The van der Waals surface area contributed by atoms with Gasteiger partial charge in [-0.1, -0.05) is 48.7 Å². The minimum absolute atomic E-state index is 0.147. The van der Waals surface area contributed by atoms with Gasteiger partial charge in [-0.05, 0) is 49.7 Å². The van der Waals surface area contributed by atoms with Crippen LogP contribution in [0.15, 0.2) is 33.6 Å². The van der Waals surface area contributed by atoms with Gasteiger partial charge in [-0.3, -0.25) is 9.51 Å². The lowest BCUT2D eigenvalue weighted by Crippen LogP contribution is -2.42. The number of rotatable bonds is 9. The Hall–Kier alpha value is -3.28. The van der Waals surface area contributed by atoms with E-state index in [0.29, 0.717) is 35.5 Å². The van der Waals surface area contributed by atoms with E-state index in [2.05, 4.69) is 26.5 Å². The van der Waals surface area contributed by atoms with Crippen molar-refractivity contribution in [3.8, 4) is 22.9 Å². The first-order valence-electron chi connectivity index (χ1n) is 14.3. The lowest BCUT2D eigenvalue weighted by molar-refractivity contribution is 0.166. The minimum atomic E-state index is -0.673. The summed E-state index contributed by atoms with van der Waals surface area (Å²) in [6, 6.07) is 7.89. The predicted molar refractivity (Wildman–Crippen MR) is 156 cm³/mol.